The molecule has 3 aromatic rings. The summed E-state index contributed by atoms with van der Waals surface area (Å²) in [7, 11) is 0. The highest BCUT2D eigenvalue weighted by Gasteiger charge is 2.44. The Morgan fingerprint density at radius 2 is 1.58 bits per heavy atom. The number of aromatic nitrogens is 3. The van der Waals surface area contributed by atoms with E-state index >= 15 is 0 Å². The fourth-order valence-electron chi connectivity index (χ4n) is 7.98. The molecule has 2 aliphatic heterocycles. The lowest BCUT2D eigenvalue weighted by Gasteiger charge is -2.48. The van der Waals surface area contributed by atoms with Crippen molar-refractivity contribution in [2.75, 3.05) is 26.2 Å². The molecular formula is C36H47ClN6O2. The Kier molecular flexibility index (Phi) is 10.5. The van der Waals surface area contributed by atoms with Gasteiger partial charge in [-0.05, 0) is 79.5 Å². The van der Waals surface area contributed by atoms with Gasteiger partial charge in [-0.2, -0.15) is 5.10 Å². The zero-order valence-electron chi connectivity index (χ0n) is 26.3. The van der Waals surface area contributed by atoms with E-state index in [0.717, 1.165) is 56.4 Å². The van der Waals surface area contributed by atoms with Gasteiger partial charge in [-0.3, -0.25) is 14.3 Å². The van der Waals surface area contributed by atoms with E-state index in [-0.39, 0.29) is 29.3 Å². The minimum absolute atomic E-state index is 0.156. The van der Waals surface area contributed by atoms with E-state index in [0.29, 0.717) is 36.9 Å². The smallest absolute Gasteiger partial charge is 0.240 e. The number of rotatable bonds is 10. The Labute approximate surface area is 272 Å². The van der Waals surface area contributed by atoms with Crippen molar-refractivity contribution in [2.45, 2.75) is 89.3 Å². The molecule has 0 bridgehead atoms. The number of hydrogen-bond donors (Lipinski definition) is 1. The molecule has 8 nitrogen and oxygen atoms in total. The third-order valence-electron chi connectivity index (χ3n) is 10.6. The van der Waals surface area contributed by atoms with Crippen LogP contribution < -0.4 is 5.32 Å². The molecular weight excluding hydrogens is 584 g/mol. The molecule has 0 unspecified atom stereocenters. The third-order valence-corrected chi connectivity index (χ3v) is 10.9. The first kappa shape index (κ1) is 31.7. The van der Waals surface area contributed by atoms with Crippen LogP contribution in [0.5, 0.6) is 0 Å². The standard InChI is InChI=1S/C36H47ClN6O2/c37-31-13-11-29(12-14-31)23-33(40-32-15-19-41(20-16-32)34(44)24-28-7-3-1-4-8-28)35(45)42-21-17-36(18-22-42,25-43-27-38-26-39-43)30-9-5-2-6-10-30/h1,3-4,7-8,11-14,26-27,30,32-33,40H,2,5-6,9-10,15-25H2/t33-/m1/s1. The van der Waals surface area contributed by atoms with Gasteiger partial charge < -0.3 is 15.1 Å². The monoisotopic (exact) mass is 630 g/mol. The Morgan fingerprint density at radius 1 is 0.867 bits per heavy atom. The van der Waals surface area contributed by atoms with Gasteiger partial charge in [0.15, 0.2) is 0 Å². The molecule has 0 radical (unpaired) electrons. The van der Waals surface area contributed by atoms with Crippen LogP contribution in [0.3, 0.4) is 0 Å². The zero-order valence-corrected chi connectivity index (χ0v) is 27.1. The molecule has 45 heavy (non-hydrogen) atoms. The van der Waals surface area contributed by atoms with Crippen molar-refractivity contribution >= 4 is 23.4 Å². The molecule has 1 N–H and O–H groups in total. The minimum atomic E-state index is -0.319. The van der Waals surface area contributed by atoms with Gasteiger partial charge in [-0.15, -0.1) is 0 Å². The summed E-state index contributed by atoms with van der Waals surface area (Å²) in [5.41, 5.74) is 2.30. The predicted octanol–water partition coefficient (Wildman–Crippen LogP) is 5.56. The quantitative estimate of drug-likeness (QED) is 0.317. The molecule has 1 aliphatic carbocycles. The van der Waals surface area contributed by atoms with Crippen molar-refractivity contribution in [2.24, 2.45) is 11.3 Å². The molecule has 2 saturated heterocycles. The van der Waals surface area contributed by atoms with Gasteiger partial charge in [0, 0.05) is 43.8 Å². The van der Waals surface area contributed by atoms with Gasteiger partial charge in [0.05, 0.1) is 12.5 Å². The predicted molar refractivity (Wildman–Crippen MR) is 177 cm³/mol. The number of nitrogens with one attached hydrogen (secondary N) is 1. The fraction of sp³-hybridized carbons (Fsp3) is 0.556. The van der Waals surface area contributed by atoms with Crippen LogP contribution in [0.25, 0.3) is 0 Å². The topological polar surface area (TPSA) is 83.4 Å². The van der Waals surface area contributed by atoms with Crippen LogP contribution in [0.2, 0.25) is 5.02 Å². The van der Waals surface area contributed by atoms with Gasteiger partial charge in [0.1, 0.15) is 12.7 Å². The number of hydrogen-bond acceptors (Lipinski definition) is 5. The third kappa shape index (κ3) is 8.14. The second-order valence-corrected chi connectivity index (χ2v) is 13.9. The minimum Gasteiger partial charge on any atom is -0.342 e. The Hall–Kier alpha value is -3.23. The molecule has 1 saturated carbocycles. The maximum Gasteiger partial charge on any atom is 0.240 e. The Balaban J connectivity index is 1.10. The van der Waals surface area contributed by atoms with E-state index in [1.807, 2.05) is 70.5 Å². The Bertz CT molecular complexity index is 1360. The van der Waals surface area contributed by atoms with E-state index in [9.17, 15) is 9.59 Å². The molecule has 3 aliphatic rings. The summed E-state index contributed by atoms with van der Waals surface area (Å²) in [6.07, 6.45) is 14.7. The number of amides is 2. The van der Waals surface area contributed by atoms with Gasteiger partial charge in [-0.1, -0.05) is 73.3 Å². The lowest BCUT2D eigenvalue weighted by Crippen LogP contribution is -2.56. The largest absolute Gasteiger partial charge is 0.342 e. The average Bonchev–Trinajstić information content (AvgIpc) is 3.59. The zero-order chi connectivity index (χ0) is 31.1. The van der Waals surface area contributed by atoms with Crippen LogP contribution in [-0.2, 0) is 29.0 Å². The number of likely N-dealkylation sites (tertiary alicyclic amines) is 2. The molecule has 9 heteroatoms. The summed E-state index contributed by atoms with van der Waals surface area (Å²) < 4.78 is 2.01. The van der Waals surface area contributed by atoms with Gasteiger partial charge >= 0.3 is 0 Å². The van der Waals surface area contributed by atoms with Crippen molar-refractivity contribution in [1.29, 1.82) is 0 Å². The number of benzene rings is 2. The van der Waals surface area contributed by atoms with E-state index < -0.39 is 0 Å². The normalized spacial score (nSPS) is 20.2. The molecule has 1 aromatic heterocycles. The number of halogens is 1. The number of carbonyl (C=O) groups is 2. The first-order chi connectivity index (χ1) is 22.0. The SMILES string of the molecule is O=C(Cc1ccccc1)N1CCC(N[C@H](Cc2ccc(Cl)cc2)C(=O)N2CCC(Cn3cncn3)(C3CCCCC3)CC2)CC1. The van der Waals surface area contributed by atoms with Gasteiger partial charge in [0.25, 0.3) is 0 Å². The average molecular weight is 631 g/mol. The van der Waals surface area contributed by atoms with Crippen LogP contribution in [0.1, 0.15) is 68.9 Å². The second kappa shape index (κ2) is 14.9. The highest BCUT2D eigenvalue weighted by Crippen LogP contribution is 2.47. The summed E-state index contributed by atoms with van der Waals surface area (Å²) >= 11 is 6.19. The van der Waals surface area contributed by atoms with Crippen molar-refractivity contribution < 1.29 is 9.59 Å². The molecule has 1 atom stereocenters. The first-order valence-electron chi connectivity index (χ1n) is 16.9. The van der Waals surface area contributed by atoms with Gasteiger partial charge in [0.2, 0.25) is 11.8 Å². The molecule has 2 aromatic carbocycles. The molecule has 2 amide bonds. The molecule has 0 spiro atoms. The van der Waals surface area contributed by atoms with Crippen LogP contribution in [0.4, 0.5) is 0 Å². The lowest BCUT2D eigenvalue weighted by molar-refractivity contribution is -0.138. The summed E-state index contributed by atoms with van der Waals surface area (Å²) in [6, 6.07) is 17.7. The van der Waals surface area contributed by atoms with Crippen LogP contribution in [0.15, 0.2) is 67.3 Å². The maximum atomic E-state index is 14.3. The van der Waals surface area contributed by atoms with Crippen molar-refractivity contribution in [1.82, 2.24) is 29.9 Å². The summed E-state index contributed by atoms with van der Waals surface area (Å²) in [5, 5.41) is 8.93. The summed E-state index contributed by atoms with van der Waals surface area (Å²) in [4.78, 5) is 35.5. The molecule has 3 fully saturated rings. The highest BCUT2D eigenvalue weighted by molar-refractivity contribution is 6.30. The van der Waals surface area contributed by atoms with E-state index in [4.69, 9.17) is 11.6 Å². The molecule has 3 heterocycles. The van der Waals surface area contributed by atoms with Gasteiger partial charge in [-0.25, -0.2) is 4.98 Å². The number of carbonyl (C=O) groups excluding carboxylic acids is 2. The van der Waals surface area contributed by atoms with Crippen LogP contribution in [-0.4, -0.2) is 74.6 Å². The second-order valence-electron chi connectivity index (χ2n) is 13.5. The number of nitrogens with zero attached hydrogens (tertiary/aromatic N) is 5. The molecule has 240 valence electrons. The van der Waals surface area contributed by atoms with E-state index in [1.54, 1.807) is 6.33 Å². The van der Waals surface area contributed by atoms with E-state index in [1.165, 1.54) is 32.1 Å². The first-order valence-corrected chi connectivity index (χ1v) is 17.3. The maximum absolute atomic E-state index is 14.3. The molecule has 6 rings (SSSR count). The van der Waals surface area contributed by atoms with E-state index in [2.05, 4.69) is 20.3 Å². The van der Waals surface area contributed by atoms with Crippen LogP contribution >= 0.6 is 11.6 Å². The van der Waals surface area contributed by atoms with Crippen molar-refractivity contribution in [3.05, 3.63) is 83.4 Å². The van der Waals surface area contributed by atoms with Crippen molar-refractivity contribution in [3.8, 4) is 0 Å². The Morgan fingerprint density at radius 3 is 2.24 bits per heavy atom. The fourth-order valence-corrected chi connectivity index (χ4v) is 8.10. The highest BCUT2D eigenvalue weighted by atomic mass is 35.5. The van der Waals surface area contributed by atoms with Crippen LogP contribution in [0, 0.1) is 11.3 Å². The number of piperidine rings is 2. The summed E-state index contributed by atoms with van der Waals surface area (Å²) in [6.45, 7) is 3.85. The van der Waals surface area contributed by atoms with Crippen molar-refractivity contribution in [3.63, 3.8) is 0 Å². The lowest BCUT2D eigenvalue weighted by atomic mass is 9.63. The summed E-state index contributed by atoms with van der Waals surface area (Å²) in [5.74, 6) is 1.03.